The molecule has 0 heterocycles. The first-order valence-electron chi connectivity index (χ1n) is 5.60. The lowest BCUT2D eigenvalue weighted by Gasteiger charge is -2.14. The van der Waals surface area contributed by atoms with Gasteiger partial charge >= 0.3 is 0 Å². The first kappa shape index (κ1) is 13.8. The van der Waals surface area contributed by atoms with Gasteiger partial charge in [-0.15, -0.1) is 12.3 Å². The minimum absolute atomic E-state index is 0.0587. The van der Waals surface area contributed by atoms with Crippen molar-refractivity contribution in [2.75, 3.05) is 0 Å². The van der Waals surface area contributed by atoms with Crippen LogP contribution in [0.5, 0.6) is 0 Å². The summed E-state index contributed by atoms with van der Waals surface area (Å²) in [5, 5.41) is 3.72. The molecule has 3 heteroatoms. The molecule has 0 fully saturated rings. The molecule has 1 unspecified atom stereocenters. The average Bonchev–Trinajstić information content (AvgIpc) is 2.38. The second kappa shape index (κ2) is 7.13. The Balaban J connectivity index is 2.65. The Hall–Kier alpha value is -1.27. The number of carbonyl (C=O) groups is 1. The van der Waals surface area contributed by atoms with Crippen molar-refractivity contribution in [3.8, 4) is 12.3 Å². The van der Waals surface area contributed by atoms with E-state index in [0.717, 1.165) is 17.3 Å². The molecule has 1 aromatic carbocycles. The van der Waals surface area contributed by atoms with Gasteiger partial charge in [-0.05, 0) is 24.1 Å². The number of nitrogens with one attached hydrogen (secondary N) is 1. The third-order valence-corrected chi connectivity index (χ3v) is 3.21. The van der Waals surface area contributed by atoms with Crippen LogP contribution >= 0.6 is 15.9 Å². The molecule has 1 atom stereocenters. The van der Waals surface area contributed by atoms with Crippen LogP contribution in [0.15, 0.2) is 24.3 Å². The maximum atomic E-state index is 11.9. The first-order valence-corrected chi connectivity index (χ1v) is 6.72. The summed E-state index contributed by atoms with van der Waals surface area (Å²) in [7, 11) is 0. The van der Waals surface area contributed by atoms with Gasteiger partial charge in [0.05, 0.1) is 0 Å². The normalized spacial score (nSPS) is 11.6. The van der Waals surface area contributed by atoms with Gasteiger partial charge in [-0.1, -0.05) is 35.0 Å². The van der Waals surface area contributed by atoms with Gasteiger partial charge in [0.15, 0.2) is 0 Å². The van der Waals surface area contributed by atoms with E-state index in [1.807, 2.05) is 31.2 Å². The summed E-state index contributed by atoms with van der Waals surface area (Å²) >= 11 is 3.37. The molecule has 90 valence electrons. The Kier molecular flexibility index (Phi) is 5.79. The summed E-state index contributed by atoms with van der Waals surface area (Å²) in [6, 6.07) is 7.59. The van der Waals surface area contributed by atoms with Gasteiger partial charge in [0.1, 0.15) is 0 Å². The molecule has 0 aromatic heterocycles. The lowest BCUT2D eigenvalue weighted by atomic mass is 10.1. The highest BCUT2D eigenvalue weighted by Gasteiger charge is 2.10. The summed E-state index contributed by atoms with van der Waals surface area (Å²) in [6.07, 6.45) is 6.66. The Labute approximate surface area is 111 Å². The number of rotatable bonds is 5. The van der Waals surface area contributed by atoms with E-state index >= 15 is 0 Å². The van der Waals surface area contributed by atoms with Gasteiger partial charge < -0.3 is 5.32 Å². The van der Waals surface area contributed by atoms with Crippen LogP contribution in [0.3, 0.4) is 0 Å². The molecule has 0 saturated heterocycles. The van der Waals surface area contributed by atoms with Crippen LogP contribution in [0.4, 0.5) is 0 Å². The number of benzene rings is 1. The highest BCUT2D eigenvalue weighted by molar-refractivity contribution is 9.08. The van der Waals surface area contributed by atoms with Gasteiger partial charge in [-0.25, -0.2) is 0 Å². The number of amides is 1. The Morgan fingerprint density at radius 3 is 2.59 bits per heavy atom. The SMILES string of the molecule is C#CCC(CC)NC(=O)c1ccc(CBr)cc1. The monoisotopic (exact) mass is 293 g/mol. The average molecular weight is 294 g/mol. The van der Waals surface area contributed by atoms with Crippen LogP contribution in [0.2, 0.25) is 0 Å². The predicted octanol–water partition coefficient (Wildman–Crippen LogP) is 3.11. The molecule has 0 aliphatic heterocycles. The second-order valence-electron chi connectivity index (χ2n) is 3.82. The van der Waals surface area contributed by atoms with Gasteiger partial charge in [-0.2, -0.15) is 0 Å². The molecular formula is C14H16BrNO. The molecule has 0 aliphatic carbocycles. The van der Waals surface area contributed by atoms with Crippen LogP contribution < -0.4 is 5.32 Å². The number of hydrogen-bond donors (Lipinski definition) is 1. The van der Waals surface area contributed by atoms with Crippen LogP contribution in [0.25, 0.3) is 0 Å². The zero-order valence-electron chi connectivity index (χ0n) is 9.87. The first-order chi connectivity index (χ1) is 8.21. The molecule has 0 bridgehead atoms. The Bertz CT molecular complexity index is 405. The third-order valence-electron chi connectivity index (χ3n) is 2.56. The number of terminal acetylenes is 1. The molecule has 17 heavy (non-hydrogen) atoms. The maximum Gasteiger partial charge on any atom is 0.251 e. The number of carbonyl (C=O) groups excluding carboxylic acids is 1. The molecule has 1 amide bonds. The number of hydrogen-bond acceptors (Lipinski definition) is 1. The van der Waals surface area contributed by atoms with Crippen molar-refractivity contribution in [2.45, 2.75) is 31.1 Å². The van der Waals surface area contributed by atoms with Crippen molar-refractivity contribution < 1.29 is 4.79 Å². The van der Waals surface area contributed by atoms with Crippen LogP contribution in [0, 0.1) is 12.3 Å². The zero-order valence-corrected chi connectivity index (χ0v) is 11.5. The van der Waals surface area contributed by atoms with Crippen molar-refractivity contribution in [3.63, 3.8) is 0 Å². The smallest absolute Gasteiger partial charge is 0.251 e. The van der Waals surface area contributed by atoms with E-state index < -0.39 is 0 Å². The van der Waals surface area contributed by atoms with E-state index in [2.05, 4.69) is 27.2 Å². The highest BCUT2D eigenvalue weighted by Crippen LogP contribution is 2.08. The summed E-state index contributed by atoms with van der Waals surface area (Å²) < 4.78 is 0. The number of alkyl halides is 1. The van der Waals surface area contributed by atoms with Crippen molar-refractivity contribution >= 4 is 21.8 Å². The van der Waals surface area contributed by atoms with Gasteiger partial charge in [0, 0.05) is 23.4 Å². The van der Waals surface area contributed by atoms with Crippen molar-refractivity contribution in [1.29, 1.82) is 0 Å². The van der Waals surface area contributed by atoms with Gasteiger partial charge in [-0.3, -0.25) is 4.79 Å². The molecule has 0 radical (unpaired) electrons. The number of halogens is 1. The Morgan fingerprint density at radius 2 is 2.12 bits per heavy atom. The van der Waals surface area contributed by atoms with E-state index in [4.69, 9.17) is 6.42 Å². The van der Waals surface area contributed by atoms with E-state index in [9.17, 15) is 4.79 Å². The summed E-state index contributed by atoms with van der Waals surface area (Å²) in [5.74, 6) is 2.51. The second-order valence-corrected chi connectivity index (χ2v) is 4.38. The molecule has 1 aromatic rings. The minimum atomic E-state index is -0.0618. The molecule has 0 spiro atoms. The van der Waals surface area contributed by atoms with Crippen molar-refractivity contribution in [1.82, 2.24) is 5.32 Å². The predicted molar refractivity (Wildman–Crippen MR) is 74.1 cm³/mol. The molecule has 0 aliphatic rings. The highest BCUT2D eigenvalue weighted by atomic mass is 79.9. The molecular weight excluding hydrogens is 278 g/mol. The van der Waals surface area contributed by atoms with Crippen LogP contribution in [0.1, 0.15) is 35.7 Å². The fourth-order valence-corrected chi connectivity index (χ4v) is 1.83. The van der Waals surface area contributed by atoms with E-state index in [0.29, 0.717) is 12.0 Å². The lowest BCUT2D eigenvalue weighted by Crippen LogP contribution is -2.34. The summed E-state index contributed by atoms with van der Waals surface area (Å²) in [6.45, 7) is 2.01. The topological polar surface area (TPSA) is 29.1 Å². The quantitative estimate of drug-likeness (QED) is 0.656. The molecule has 0 saturated carbocycles. The minimum Gasteiger partial charge on any atom is -0.348 e. The van der Waals surface area contributed by atoms with Gasteiger partial charge in [0.2, 0.25) is 0 Å². The molecule has 1 rings (SSSR count). The summed E-state index contributed by atoms with van der Waals surface area (Å²) in [5.41, 5.74) is 1.82. The van der Waals surface area contributed by atoms with Crippen molar-refractivity contribution in [3.05, 3.63) is 35.4 Å². The largest absolute Gasteiger partial charge is 0.348 e. The van der Waals surface area contributed by atoms with E-state index in [1.165, 1.54) is 0 Å². The standard InChI is InChI=1S/C14H16BrNO/c1-3-5-13(4-2)16-14(17)12-8-6-11(10-15)7-9-12/h1,6-9,13H,4-5,10H2,2H3,(H,16,17). The zero-order chi connectivity index (χ0) is 12.7. The maximum absolute atomic E-state index is 11.9. The Morgan fingerprint density at radius 1 is 1.47 bits per heavy atom. The van der Waals surface area contributed by atoms with Gasteiger partial charge in [0.25, 0.3) is 5.91 Å². The molecule has 1 N–H and O–H groups in total. The fourth-order valence-electron chi connectivity index (χ4n) is 1.45. The summed E-state index contributed by atoms with van der Waals surface area (Å²) in [4.78, 5) is 11.9. The van der Waals surface area contributed by atoms with E-state index in [-0.39, 0.29) is 11.9 Å². The van der Waals surface area contributed by atoms with Crippen molar-refractivity contribution in [2.24, 2.45) is 0 Å². The molecule has 2 nitrogen and oxygen atoms in total. The van der Waals surface area contributed by atoms with Crippen LogP contribution in [-0.2, 0) is 5.33 Å². The fraction of sp³-hybridized carbons (Fsp3) is 0.357. The lowest BCUT2D eigenvalue weighted by molar-refractivity contribution is 0.0936. The third kappa shape index (κ3) is 4.24. The van der Waals surface area contributed by atoms with Crippen LogP contribution in [-0.4, -0.2) is 11.9 Å². The van der Waals surface area contributed by atoms with E-state index in [1.54, 1.807) is 0 Å².